The number of rotatable bonds is 5. The first kappa shape index (κ1) is 16.7. The second kappa shape index (κ2) is 7.09. The van der Waals surface area contributed by atoms with Gasteiger partial charge in [0.1, 0.15) is 0 Å². The molecule has 0 aromatic heterocycles. The molecule has 1 atom stereocenters. The van der Waals surface area contributed by atoms with Crippen molar-refractivity contribution >= 4 is 11.9 Å². The topological polar surface area (TPSA) is 66.4 Å². The molecule has 0 saturated heterocycles. The summed E-state index contributed by atoms with van der Waals surface area (Å²) in [4.78, 5) is 23.1. The van der Waals surface area contributed by atoms with Crippen LogP contribution in [-0.2, 0) is 11.2 Å². The number of hydrogen-bond donors (Lipinski definition) is 2. The summed E-state index contributed by atoms with van der Waals surface area (Å²) in [5.41, 5.74) is 4.35. The zero-order valence-electron chi connectivity index (χ0n) is 13.6. The largest absolute Gasteiger partial charge is 0.478 e. The molecule has 1 unspecified atom stereocenters. The first-order valence-corrected chi connectivity index (χ1v) is 7.55. The van der Waals surface area contributed by atoms with Crippen molar-refractivity contribution in [2.45, 2.75) is 33.2 Å². The lowest BCUT2D eigenvalue weighted by Gasteiger charge is -2.16. The lowest BCUT2D eigenvalue weighted by atomic mass is 10.0. The number of carbonyl (C=O) groups is 2. The Kier molecular flexibility index (Phi) is 5.16. The Morgan fingerprint density at radius 2 is 1.83 bits per heavy atom. The Hall–Kier alpha value is -2.62. The van der Waals surface area contributed by atoms with Gasteiger partial charge in [0.2, 0.25) is 5.91 Å². The van der Waals surface area contributed by atoms with E-state index in [2.05, 4.69) is 18.3 Å². The van der Waals surface area contributed by atoms with Gasteiger partial charge in [0.15, 0.2) is 0 Å². The molecule has 23 heavy (non-hydrogen) atoms. The van der Waals surface area contributed by atoms with Gasteiger partial charge < -0.3 is 10.4 Å². The molecule has 1 amide bonds. The van der Waals surface area contributed by atoms with Crippen LogP contribution < -0.4 is 5.32 Å². The van der Waals surface area contributed by atoms with E-state index in [4.69, 9.17) is 5.11 Å². The van der Waals surface area contributed by atoms with E-state index >= 15 is 0 Å². The van der Waals surface area contributed by atoms with Crippen LogP contribution in [0, 0.1) is 13.8 Å². The van der Waals surface area contributed by atoms with Crippen molar-refractivity contribution in [2.75, 3.05) is 0 Å². The van der Waals surface area contributed by atoms with Gasteiger partial charge in [-0.3, -0.25) is 4.79 Å². The second-order valence-electron chi connectivity index (χ2n) is 5.82. The maximum atomic E-state index is 12.2. The second-order valence-corrected chi connectivity index (χ2v) is 5.82. The van der Waals surface area contributed by atoms with Gasteiger partial charge in [-0.15, -0.1) is 0 Å². The predicted molar refractivity (Wildman–Crippen MR) is 89.6 cm³/mol. The van der Waals surface area contributed by atoms with Crippen LogP contribution in [0.2, 0.25) is 0 Å². The number of nitrogens with one attached hydrogen (secondary N) is 1. The normalized spacial score (nSPS) is 11.8. The number of carboxylic acid groups (broad SMARTS) is 1. The molecule has 4 heteroatoms. The van der Waals surface area contributed by atoms with E-state index in [0.717, 1.165) is 5.56 Å². The van der Waals surface area contributed by atoms with Crippen molar-refractivity contribution in [2.24, 2.45) is 0 Å². The van der Waals surface area contributed by atoms with E-state index in [1.165, 1.54) is 23.3 Å². The van der Waals surface area contributed by atoms with Crippen LogP contribution in [0.5, 0.6) is 0 Å². The van der Waals surface area contributed by atoms with Crippen LogP contribution in [0.4, 0.5) is 0 Å². The van der Waals surface area contributed by atoms with E-state index in [1.54, 1.807) is 12.1 Å². The molecule has 0 heterocycles. The van der Waals surface area contributed by atoms with Gasteiger partial charge in [0, 0.05) is 0 Å². The Morgan fingerprint density at radius 1 is 1.09 bits per heavy atom. The van der Waals surface area contributed by atoms with Crippen LogP contribution in [0.3, 0.4) is 0 Å². The van der Waals surface area contributed by atoms with E-state index in [-0.39, 0.29) is 23.9 Å². The van der Waals surface area contributed by atoms with Crippen LogP contribution in [-0.4, -0.2) is 17.0 Å². The fourth-order valence-corrected chi connectivity index (χ4v) is 2.41. The molecule has 0 aliphatic rings. The molecule has 2 aromatic rings. The summed E-state index contributed by atoms with van der Waals surface area (Å²) in [5.74, 6) is -1.12. The van der Waals surface area contributed by atoms with Gasteiger partial charge in [-0.2, -0.15) is 0 Å². The Bertz CT molecular complexity index is 737. The number of hydrogen-bond acceptors (Lipinski definition) is 2. The number of amides is 1. The van der Waals surface area contributed by atoms with Gasteiger partial charge in [-0.05, 0) is 55.2 Å². The Labute approximate surface area is 136 Å². The fraction of sp³-hybridized carbons (Fsp3) is 0.263. The number of carboxylic acids is 1. The maximum Gasteiger partial charge on any atom is 0.335 e. The zero-order valence-corrected chi connectivity index (χ0v) is 13.6. The summed E-state index contributed by atoms with van der Waals surface area (Å²) in [6.45, 7) is 6.04. The van der Waals surface area contributed by atoms with Crippen molar-refractivity contribution in [3.05, 3.63) is 70.3 Å². The summed E-state index contributed by atoms with van der Waals surface area (Å²) in [7, 11) is 0. The van der Waals surface area contributed by atoms with Gasteiger partial charge in [0.25, 0.3) is 0 Å². The maximum absolute atomic E-state index is 12.2. The number of aryl methyl sites for hydroxylation is 2. The molecule has 4 nitrogen and oxygen atoms in total. The number of carbonyl (C=O) groups excluding carboxylic acids is 1. The fourth-order valence-electron chi connectivity index (χ4n) is 2.41. The summed E-state index contributed by atoms with van der Waals surface area (Å²) in [6.07, 6.45) is 0.163. The molecule has 0 bridgehead atoms. The molecular weight excluding hydrogens is 290 g/mol. The standard InChI is InChI=1S/C19H21NO3/c1-12-7-8-16(9-13(12)2)14(3)20-18(21)11-15-5-4-6-17(10-15)19(22)23/h4-10,14H,11H2,1-3H3,(H,20,21)(H,22,23). The summed E-state index contributed by atoms with van der Waals surface area (Å²) in [6, 6.07) is 12.5. The Morgan fingerprint density at radius 3 is 2.48 bits per heavy atom. The molecule has 0 aliphatic carbocycles. The summed E-state index contributed by atoms with van der Waals surface area (Å²) in [5, 5.41) is 11.9. The highest BCUT2D eigenvalue weighted by atomic mass is 16.4. The van der Waals surface area contributed by atoms with Crippen LogP contribution in [0.15, 0.2) is 42.5 Å². The monoisotopic (exact) mass is 311 g/mol. The molecular formula is C19H21NO3. The van der Waals surface area contributed by atoms with Gasteiger partial charge in [-0.1, -0.05) is 30.3 Å². The SMILES string of the molecule is Cc1ccc(C(C)NC(=O)Cc2cccc(C(=O)O)c2)cc1C. The number of aromatic carboxylic acids is 1. The molecule has 0 spiro atoms. The quantitative estimate of drug-likeness (QED) is 0.889. The molecule has 0 aliphatic heterocycles. The molecule has 2 aromatic carbocycles. The number of benzene rings is 2. The van der Waals surface area contributed by atoms with Crippen molar-refractivity contribution in [1.82, 2.24) is 5.32 Å². The van der Waals surface area contributed by atoms with E-state index in [9.17, 15) is 9.59 Å². The smallest absolute Gasteiger partial charge is 0.335 e. The van der Waals surface area contributed by atoms with Gasteiger partial charge >= 0.3 is 5.97 Å². The zero-order chi connectivity index (χ0) is 17.0. The van der Waals surface area contributed by atoms with E-state index in [1.807, 2.05) is 26.0 Å². The highest BCUT2D eigenvalue weighted by Gasteiger charge is 2.12. The van der Waals surface area contributed by atoms with Crippen molar-refractivity contribution < 1.29 is 14.7 Å². The van der Waals surface area contributed by atoms with Crippen molar-refractivity contribution in [3.8, 4) is 0 Å². The van der Waals surface area contributed by atoms with Crippen LogP contribution in [0.25, 0.3) is 0 Å². The molecule has 2 rings (SSSR count). The minimum absolute atomic E-state index is 0.0931. The van der Waals surface area contributed by atoms with Crippen LogP contribution in [0.1, 0.15) is 45.6 Å². The third-order valence-corrected chi connectivity index (χ3v) is 3.95. The highest BCUT2D eigenvalue weighted by molar-refractivity contribution is 5.88. The van der Waals surface area contributed by atoms with Gasteiger partial charge in [-0.25, -0.2) is 4.79 Å². The lowest BCUT2D eigenvalue weighted by Crippen LogP contribution is -2.28. The molecule has 2 N–H and O–H groups in total. The summed E-state index contributed by atoms with van der Waals surface area (Å²) < 4.78 is 0. The van der Waals surface area contributed by atoms with Gasteiger partial charge in [0.05, 0.1) is 18.0 Å². The highest BCUT2D eigenvalue weighted by Crippen LogP contribution is 2.17. The first-order valence-electron chi connectivity index (χ1n) is 7.55. The minimum Gasteiger partial charge on any atom is -0.478 e. The average molecular weight is 311 g/mol. The summed E-state index contributed by atoms with van der Waals surface area (Å²) >= 11 is 0. The molecule has 0 fully saturated rings. The minimum atomic E-state index is -0.990. The van der Waals surface area contributed by atoms with Crippen molar-refractivity contribution in [3.63, 3.8) is 0 Å². The Balaban J connectivity index is 2.02. The van der Waals surface area contributed by atoms with E-state index in [0.29, 0.717) is 5.56 Å². The lowest BCUT2D eigenvalue weighted by molar-refractivity contribution is -0.121. The molecule has 120 valence electrons. The third kappa shape index (κ3) is 4.42. The van der Waals surface area contributed by atoms with Crippen LogP contribution >= 0.6 is 0 Å². The molecule has 0 saturated carbocycles. The predicted octanol–water partition coefficient (Wildman–Crippen LogP) is 3.42. The first-order chi connectivity index (χ1) is 10.9. The van der Waals surface area contributed by atoms with Crippen molar-refractivity contribution in [1.29, 1.82) is 0 Å². The molecule has 0 radical (unpaired) electrons. The third-order valence-electron chi connectivity index (χ3n) is 3.95. The van der Waals surface area contributed by atoms with E-state index < -0.39 is 5.97 Å². The average Bonchev–Trinajstić information content (AvgIpc) is 2.50.